The Morgan fingerprint density at radius 2 is 1.90 bits per heavy atom. The summed E-state index contributed by atoms with van der Waals surface area (Å²) < 4.78 is 5.53. The molecule has 0 saturated carbocycles. The molecule has 2 saturated heterocycles. The quantitative estimate of drug-likeness (QED) is 0.900. The molecule has 3 nitrogen and oxygen atoms in total. The summed E-state index contributed by atoms with van der Waals surface area (Å²) in [6.45, 7) is 4.35. The molecule has 1 N–H and O–H groups in total. The topological polar surface area (TPSA) is 24.5 Å². The number of piperidine rings is 2. The molecule has 2 aliphatic heterocycles. The highest BCUT2D eigenvalue weighted by Gasteiger charge is 2.37. The summed E-state index contributed by atoms with van der Waals surface area (Å²) >= 11 is 0. The second kappa shape index (κ2) is 6.80. The highest BCUT2D eigenvalue weighted by Crippen LogP contribution is 2.36. The Morgan fingerprint density at radius 1 is 1.19 bits per heavy atom. The van der Waals surface area contributed by atoms with E-state index in [1.54, 1.807) is 7.11 Å². The molecule has 2 bridgehead atoms. The van der Waals surface area contributed by atoms with Crippen molar-refractivity contribution in [1.82, 2.24) is 10.2 Å². The van der Waals surface area contributed by atoms with Gasteiger partial charge in [0.25, 0.3) is 0 Å². The summed E-state index contributed by atoms with van der Waals surface area (Å²) in [4.78, 5) is 2.75. The Bertz CT molecular complexity index is 448. The summed E-state index contributed by atoms with van der Waals surface area (Å²) in [5.41, 5.74) is 1.33. The molecule has 2 aliphatic rings. The Kier molecular flexibility index (Phi) is 4.81. The predicted octanol–water partition coefficient (Wildman–Crippen LogP) is 3.19. The Labute approximate surface area is 128 Å². The van der Waals surface area contributed by atoms with Crippen molar-refractivity contribution in [3.8, 4) is 5.75 Å². The van der Waals surface area contributed by atoms with Crippen molar-refractivity contribution in [3.63, 3.8) is 0 Å². The first kappa shape index (κ1) is 14.9. The van der Waals surface area contributed by atoms with Crippen molar-refractivity contribution < 1.29 is 4.74 Å². The van der Waals surface area contributed by atoms with E-state index in [-0.39, 0.29) is 0 Å². The molecule has 2 heterocycles. The number of nitrogens with one attached hydrogen (secondary N) is 1. The van der Waals surface area contributed by atoms with E-state index in [0.717, 1.165) is 37.0 Å². The SMILES string of the molecule is CCNC1CC2CCCC(C1)N2Cc1ccccc1OC. The van der Waals surface area contributed by atoms with Crippen LogP contribution in [0.4, 0.5) is 0 Å². The molecule has 0 aliphatic carbocycles. The van der Waals surface area contributed by atoms with Crippen molar-refractivity contribution in [1.29, 1.82) is 0 Å². The van der Waals surface area contributed by atoms with Gasteiger partial charge in [0.1, 0.15) is 5.75 Å². The largest absolute Gasteiger partial charge is 0.496 e. The molecule has 0 spiro atoms. The Hall–Kier alpha value is -1.06. The third-order valence-electron chi connectivity index (χ3n) is 5.16. The van der Waals surface area contributed by atoms with Crippen LogP contribution in [0, 0.1) is 0 Å². The fourth-order valence-electron chi connectivity index (χ4n) is 4.22. The van der Waals surface area contributed by atoms with E-state index in [0.29, 0.717) is 0 Å². The van der Waals surface area contributed by atoms with Crippen LogP contribution < -0.4 is 10.1 Å². The zero-order valence-corrected chi connectivity index (χ0v) is 13.3. The van der Waals surface area contributed by atoms with E-state index in [4.69, 9.17) is 4.74 Å². The molecule has 0 aromatic heterocycles. The minimum Gasteiger partial charge on any atom is -0.496 e. The monoisotopic (exact) mass is 288 g/mol. The maximum atomic E-state index is 5.53. The van der Waals surface area contributed by atoms with Gasteiger partial charge in [0, 0.05) is 30.2 Å². The lowest BCUT2D eigenvalue weighted by molar-refractivity contribution is 0.0175. The molecule has 3 rings (SSSR count). The van der Waals surface area contributed by atoms with Gasteiger partial charge in [-0.1, -0.05) is 31.5 Å². The molecule has 1 aromatic rings. The molecule has 2 fully saturated rings. The van der Waals surface area contributed by atoms with Crippen molar-refractivity contribution in [3.05, 3.63) is 29.8 Å². The van der Waals surface area contributed by atoms with Crippen LogP contribution in [0.5, 0.6) is 5.75 Å². The summed E-state index contributed by atoms with van der Waals surface area (Å²) in [6.07, 6.45) is 6.72. The molecule has 2 unspecified atom stereocenters. The number of fused-ring (bicyclic) bond motifs is 2. The van der Waals surface area contributed by atoms with Crippen LogP contribution in [-0.4, -0.2) is 36.7 Å². The lowest BCUT2D eigenvalue weighted by Gasteiger charge is -2.49. The first-order valence-electron chi connectivity index (χ1n) is 8.42. The van der Waals surface area contributed by atoms with Gasteiger partial charge in [-0.3, -0.25) is 4.90 Å². The van der Waals surface area contributed by atoms with Crippen molar-refractivity contribution in [2.45, 2.75) is 63.7 Å². The van der Waals surface area contributed by atoms with Crippen molar-refractivity contribution in [2.24, 2.45) is 0 Å². The number of hydrogen-bond donors (Lipinski definition) is 1. The molecule has 2 atom stereocenters. The van der Waals surface area contributed by atoms with Gasteiger partial charge in [-0.25, -0.2) is 0 Å². The van der Waals surface area contributed by atoms with Crippen LogP contribution in [0.1, 0.15) is 44.6 Å². The van der Waals surface area contributed by atoms with Gasteiger partial charge < -0.3 is 10.1 Å². The fourth-order valence-corrected chi connectivity index (χ4v) is 4.22. The van der Waals surface area contributed by atoms with Gasteiger partial charge in [0.05, 0.1) is 7.11 Å². The third-order valence-corrected chi connectivity index (χ3v) is 5.16. The number of para-hydroxylation sites is 1. The number of hydrogen-bond acceptors (Lipinski definition) is 3. The second-order valence-electron chi connectivity index (χ2n) is 6.45. The van der Waals surface area contributed by atoms with E-state index in [1.807, 2.05) is 0 Å². The summed E-state index contributed by atoms with van der Waals surface area (Å²) in [5.74, 6) is 1.03. The van der Waals surface area contributed by atoms with Gasteiger partial charge in [-0.2, -0.15) is 0 Å². The minimum atomic E-state index is 0.721. The van der Waals surface area contributed by atoms with Gasteiger partial charge in [0.2, 0.25) is 0 Å². The van der Waals surface area contributed by atoms with Crippen LogP contribution >= 0.6 is 0 Å². The maximum absolute atomic E-state index is 5.53. The van der Waals surface area contributed by atoms with E-state index in [9.17, 15) is 0 Å². The van der Waals surface area contributed by atoms with Gasteiger partial charge in [-0.15, -0.1) is 0 Å². The second-order valence-corrected chi connectivity index (χ2v) is 6.45. The highest BCUT2D eigenvalue weighted by atomic mass is 16.5. The van der Waals surface area contributed by atoms with E-state index < -0.39 is 0 Å². The van der Waals surface area contributed by atoms with Crippen molar-refractivity contribution in [2.75, 3.05) is 13.7 Å². The fraction of sp³-hybridized carbons (Fsp3) is 0.667. The van der Waals surface area contributed by atoms with Gasteiger partial charge in [-0.05, 0) is 38.3 Å². The molecule has 0 radical (unpaired) electrons. The molecule has 3 heteroatoms. The summed E-state index contributed by atoms with van der Waals surface area (Å²) in [7, 11) is 1.77. The van der Waals surface area contributed by atoms with Gasteiger partial charge in [0.15, 0.2) is 0 Å². The lowest BCUT2D eigenvalue weighted by atomic mass is 9.81. The number of rotatable bonds is 5. The molecular formula is C18H28N2O. The van der Waals surface area contributed by atoms with Crippen LogP contribution in [-0.2, 0) is 6.54 Å². The Balaban J connectivity index is 1.73. The lowest BCUT2D eigenvalue weighted by Crippen LogP contribution is -2.55. The first-order valence-corrected chi connectivity index (χ1v) is 8.42. The van der Waals surface area contributed by atoms with Crippen LogP contribution in [0.3, 0.4) is 0 Å². The number of nitrogens with zero attached hydrogens (tertiary/aromatic N) is 1. The van der Waals surface area contributed by atoms with E-state index in [2.05, 4.69) is 41.4 Å². The summed E-state index contributed by atoms with van der Waals surface area (Å²) in [6, 6.07) is 10.7. The smallest absolute Gasteiger partial charge is 0.123 e. The molecule has 0 amide bonds. The zero-order valence-electron chi connectivity index (χ0n) is 13.3. The number of methoxy groups -OCH3 is 1. The normalized spacial score (nSPS) is 29.3. The van der Waals surface area contributed by atoms with Crippen LogP contribution in [0.25, 0.3) is 0 Å². The van der Waals surface area contributed by atoms with E-state index >= 15 is 0 Å². The molecule has 1 aromatic carbocycles. The van der Waals surface area contributed by atoms with Gasteiger partial charge >= 0.3 is 0 Å². The maximum Gasteiger partial charge on any atom is 0.123 e. The third kappa shape index (κ3) is 3.24. The minimum absolute atomic E-state index is 0.721. The standard InChI is InChI=1S/C18H28N2O/c1-3-19-15-11-16-8-6-9-17(12-15)20(16)13-14-7-4-5-10-18(14)21-2/h4-5,7,10,15-17,19H,3,6,8-9,11-13H2,1-2H3. The average Bonchev–Trinajstić information content (AvgIpc) is 2.49. The van der Waals surface area contributed by atoms with Crippen LogP contribution in [0.2, 0.25) is 0 Å². The molecule has 21 heavy (non-hydrogen) atoms. The average molecular weight is 288 g/mol. The Morgan fingerprint density at radius 3 is 2.57 bits per heavy atom. The highest BCUT2D eigenvalue weighted by molar-refractivity contribution is 5.33. The predicted molar refractivity (Wildman–Crippen MR) is 86.7 cm³/mol. The van der Waals surface area contributed by atoms with Crippen molar-refractivity contribution >= 4 is 0 Å². The molecule has 116 valence electrons. The number of ether oxygens (including phenoxy) is 1. The van der Waals surface area contributed by atoms with E-state index in [1.165, 1.54) is 37.7 Å². The zero-order chi connectivity index (χ0) is 14.7. The first-order chi connectivity index (χ1) is 10.3. The number of benzene rings is 1. The van der Waals surface area contributed by atoms with Crippen LogP contribution in [0.15, 0.2) is 24.3 Å². The summed E-state index contributed by atoms with van der Waals surface area (Å²) in [5, 5.41) is 3.67. The molecular weight excluding hydrogens is 260 g/mol.